The van der Waals surface area contributed by atoms with Crippen LogP contribution in [0.5, 0.6) is 0 Å². The first-order valence-corrected chi connectivity index (χ1v) is 35.9. The SMILES string of the molecule is CCCCCCCC(=O)O.CCCCCCCC(=O)O.CCCCCCCC(=O)O.CCCCCCCC(=O)O.CCCCCCCC(=O)O.CCCCCCCC(=O)O.CCCCCCCC(=O)O.CCCCCCCC(=O)O.CCCCCCCC(=O)O. The van der Waals surface area contributed by atoms with Gasteiger partial charge in [0.25, 0.3) is 0 Å². The molecule has 9 N–H and O–H groups in total. The van der Waals surface area contributed by atoms with Crippen LogP contribution in [0.25, 0.3) is 0 Å². The maximum atomic E-state index is 10.0. The van der Waals surface area contributed by atoms with Gasteiger partial charge in [0.1, 0.15) is 0 Å². The van der Waals surface area contributed by atoms with E-state index in [0.29, 0.717) is 57.8 Å². The number of unbranched alkanes of at least 4 members (excludes halogenated alkanes) is 36. The summed E-state index contributed by atoms with van der Waals surface area (Å²) in [7, 11) is 0. The summed E-state index contributed by atoms with van der Waals surface area (Å²) in [6, 6.07) is 0. The van der Waals surface area contributed by atoms with Crippen LogP contribution in [0, 0.1) is 0 Å². The molecule has 18 heteroatoms. The van der Waals surface area contributed by atoms with Crippen LogP contribution < -0.4 is 0 Å². The Morgan fingerprint density at radius 2 is 0.200 bits per heavy atom. The van der Waals surface area contributed by atoms with Gasteiger partial charge in [0, 0.05) is 57.8 Å². The van der Waals surface area contributed by atoms with E-state index in [0.717, 1.165) is 116 Å². The average molecular weight is 1300 g/mol. The molecule has 0 fully saturated rings. The largest absolute Gasteiger partial charge is 0.481 e. The molecule has 0 aromatic rings. The number of rotatable bonds is 54. The van der Waals surface area contributed by atoms with Crippen molar-refractivity contribution in [3.05, 3.63) is 0 Å². The van der Waals surface area contributed by atoms with E-state index in [4.69, 9.17) is 46.0 Å². The normalized spacial score (nSPS) is 9.70. The Kier molecular flexibility index (Phi) is 116. The summed E-state index contributed by atoms with van der Waals surface area (Å²) in [6.45, 7) is 19.3. The van der Waals surface area contributed by atoms with Gasteiger partial charge in [0.05, 0.1) is 0 Å². The highest BCUT2D eigenvalue weighted by Crippen LogP contribution is 2.10. The van der Waals surface area contributed by atoms with Crippen molar-refractivity contribution in [3.8, 4) is 0 Å². The maximum Gasteiger partial charge on any atom is 0.303 e. The minimum atomic E-state index is -0.670. The predicted molar refractivity (Wildman–Crippen MR) is 369 cm³/mol. The summed E-state index contributed by atoms with van der Waals surface area (Å²) in [6.07, 6.45) is 53.0. The fraction of sp³-hybridized carbons (Fsp3) is 0.875. The van der Waals surface area contributed by atoms with Gasteiger partial charge in [0.2, 0.25) is 0 Å². The summed E-state index contributed by atoms with van der Waals surface area (Å²) >= 11 is 0. The van der Waals surface area contributed by atoms with Crippen LogP contribution >= 0.6 is 0 Å². The molecule has 0 rings (SSSR count). The number of carboxylic acids is 9. The van der Waals surface area contributed by atoms with Crippen molar-refractivity contribution in [1.29, 1.82) is 0 Å². The van der Waals surface area contributed by atoms with Gasteiger partial charge in [-0.3, -0.25) is 43.2 Å². The van der Waals surface area contributed by atoms with Gasteiger partial charge in [-0.05, 0) is 57.8 Å². The van der Waals surface area contributed by atoms with Crippen LogP contribution in [-0.2, 0) is 43.2 Å². The van der Waals surface area contributed by atoms with E-state index in [1.54, 1.807) is 0 Å². The zero-order valence-electron chi connectivity index (χ0n) is 59.4. The molecule has 0 heterocycles. The van der Waals surface area contributed by atoms with E-state index in [1.807, 2.05) is 0 Å². The molecule has 0 atom stereocenters. The smallest absolute Gasteiger partial charge is 0.303 e. The van der Waals surface area contributed by atoms with Gasteiger partial charge >= 0.3 is 53.7 Å². The van der Waals surface area contributed by atoms with Crippen molar-refractivity contribution in [3.63, 3.8) is 0 Å². The summed E-state index contributed by atoms with van der Waals surface area (Å²) < 4.78 is 0. The predicted octanol–water partition coefficient (Wildman–Crippen LogP) is 21.9. The molecule has 0 amide bonds. The van der Waals surface area contributed by atoms with Gasteiger partial charge in [0.15, 0.2) is 0 Å². The Morgan fingerprint density at radius 3 is 0.256 bits per heavy atom. The topological polar surface area (TPSA) is 336 Å². The average Bonchev–Trinajstić information content (AvgIpc) is 3.47. The van der Waals surface area contributed by atoms with Crippen molar-refractivity contribution in [2.75, 3.05) is 0 Å². The second-order valence-corrected chi connectivity index (χ2v) is 23.0. The minimum absolute atomic E-state index is 0.337. The van der Waals surface area contributed by atoms with Crippen LogP contribution in [0.4, 0.5) is 0 Å². The molecule has 90 heavy (non-hydrogen) atoms. The van der Waals surface area contributed by atoms with E-state index >= 15 is 0 Å². The van der Waals surface area contributed by atoms with Gasteiger partial charge in [-0.15, -0.1) is 0 Å². The molecule has 18 nitrogen and oxygen atoms in total. The van der Waals surface area contributed by atoms with Crippen molar-refractivity contribution in [2.24, 2.45) is 0 Å². The number of carbonyl (C=O) groups is 9. The molecule has 0 aliphatic carbocycles. The van der Waals surface area contributed by atoms with E-state index in [-0.39, 0.29) is 0 Å². The molecule has 0 aromatic heterocycles. The van der Waals surface area contributed by atoms with Crippen LogP contribution in [0.2, 0.25) is 0 Å². The quantitative estimate of drug-likeness (QED) is 0.0255. The van der Waals surface area contributed by atoms with Gasteiger partial charge in [-0.25, -0.2) is 0 Å². The van der Waals surface area contributed by atoms with Crippen LogP contribution in [-0.4, -0.2) is 99.7 Å². The number of hydrogen-bond acceptors (Lipinski definition) is 9. The lowest BCUT2D eigenvalue weighted by atomic mass is 10.1. The highest BCUT2D eigenvalue weighted by molar-refractivity contribution is 5.68. The van der Waals surface area contributed by atoms with Crippen LogP contribution in [0.15, 0.2) is 0 Å². The Labute approximate surface area is 549 Å². The standard InChI is InChI=1S/9C8H16O2/c9*1-2-3-4-5-6-7-8(9)10/h9*2-7H2,1H3,(H,9,10). The van der Waals surface area contributed by atoms with Crippen molar-refractivity contribution < 1.29 is 89.1 Å². The highest BCUT2D eigenvalue weighted by Gasteiger charge is 2.01. The lowest BCUT2D eigenvalue weighted by Crippen LogP contribution is -1.93. The van der Waals surface area contributed by atoms with Crippen LogP contribution in [0.3, 0.4) is 0 Å². The first-order chi connectivity index (χ1) is 42.9. The fourth-order valence-corrected chi connectivity index (χ4v) is 7.92. The number of hydrogen-bond donors (Lipinski definition) is 9. The third-order valence-electron chi connectivity index (χ3n) is 13.4. The maximum absolute atomic E-state index is 10.0. The fourth-order valence-electron chi connectivity index (χ4n) is 7.92. The molecular formula is C72H144O18. The third kappa shape index (κ3) is 166. The molecule has 0 unspecified atom stereocenters. The molecule has 0 spiro atoms. The molecule has 0 saturated heterocycles. The molecule has 540 valence electrons. The molecule has 0 bridgehead atoms. The van der Waals surface area contributed by atoms with Gasteiger partial charge in [-0.2, -0.15) is 0 Å². The summed E-state index contributed by atoms with van der Waals surface area (Å²) in [5.41, 5.74) is 0. The monoisotopic (exact) mass is 1300 g/mol. The number of carboxylic acid groups (broad SMARTS) is 9. The Hall–Kier alpha value is -4.77. The summed E-state index contributed by atoms with van der Waals surface area (Å²) in [4.78, 5) is 90.3. The van der Waals surface area contributed by atoms with Gasteiger partial charge in [-0.1, -0.05) is 293 Å². The second-order valence-electron chi connectivity index (χ2n) is 23.0. The van der Waals surface area contributed by atoms with E-state index in [9.17, 15) is 43.2 Å². The zero-order chi connectivity index (χ0) is 70.4. The molecule has 0 radical (unpaired) electrons. The molecule has 0 aromatic carbocycles. The zero-order valence-corrected chi connectivity index (χ0v) is 59.4. The molecule has 0 saturated carbocycles. The molecule has 0 aliphatic rings. The lowest BCUT2D eigenvalue weighted by molar-refractivity contribution is -0.138. The third-order valence-corrected chi connectivity index (χ3v) is 13.4. The van der Waals surface area contributed by atoms with E-state index in [2.05, 4.69) is 62.3 Å². The van der Waals surface area contributed by atoms with Crippen molar-refractivity contribution in [1.82, 2.24) is 0 Å². The van der Waals surface area contributed by atoms with Gasteiger partial charge < -0.3 is 46.0 Å². The highest BCUT2D eigenvalue weighted by atomic mass is 16.4. The number of aliphatic carboxylic acids is 9. The Morgan fingerprint density at radius 1 is 0.133 bits per heavy atom. The van der Waals surface area contributed by atoms with E-state index < -0.39 is 53.7 Å². The molecule has 0 aliphatic heterocycles. The van der Waals surface area contributed by atoms with Crippen molar-refractivity contribution in [2.45, 2.75) is 409 Å². The van der Waals surface area contributed by atoms with Crippen LogP contribution in [0.1, 0.15) is 409 Å². The molecular weight excluding hydrogens is 1150 g/mol. The second kappa shape index (κ2) is 100. The Bertz CT molecular complexity index is 1150. The lowest BCUT2D eigenvalue weighted by Gasteiger charge is -1.95. The summed E-state index contributed by atoms with van der Waals surface area (Å²) in [5.74, 6) is -6.03. The Balaban J connectivity index is -0.000000117. The van der Waals surface area contributed by atoms with E-state index in [1.165, 1.54) is 173 Å². The summed E-state index contributed by atoms with van der Waals surface area (Å²) in [5, 5.41) is 74.4. The first-order valence-electron chi connectivity index (χ1n) is 35.9. The van der Waals surface area contributed by atoms with Crippen molar-refractivity contribution >= 4 is 53.7 Å². The minimum Gasteiger partial charge on any atom is -0.481 e. The first kappa shape index (κ1) is 104.